The van der Waals surface area contributed by atoms with E-state index in [1.54, 1.807) is 45.9 Å². The molecule has 3 aliphatic heterocycles. The van der Waals surface area contributed by atoms with Crippen molar-refractivity contribution in [1.29, 1.82) is 0 Å². The molecule has 0 aliphatic carbocycles. The van der Waals surface area contributed by atoms with Crippen molar-refractivity contribution in [2.75, 3.05) is 26.2 Å². The molecule has 8 nitrogen and oxygen atoms in total. The molecule has 0 saturated carbocycles. The highest BCUT2D eigenvalue weighted by Crippen LogP contribution is 2.26. The van der Waals surface area contributed by atoms with Gasteiger partial charge >= 0.3 is 6.03 Å². The van der Waals surface area contributed by atoms with Crippen molar-refractivity contribution in [3.63, 3.8) is 0 Å². The number of urea groups is 1. The third-order valence-electron chi connectivity index (χ3n) is 7.10. The number of nitrogens with one attached hydrogen (secondary N) is 1. The number of likely N-dealkylation sites (tertiary alicyclic amines) is 1. The van der Waals surface area contributed by atoms with Gasteiger partial charge in [0, 0.05) is 51.2 Å². The average molecular weight is 470 g/mol. The zero-order valence-electron chi connectivity index (χ0n) is 18.8. The number of carbonyl (C=O) groups excluding carboxylic acids is 1. The molecule has 1 aromatic carbocycles. The number of amides is 2. The highest BCUT2D eigenvalue weighted by molar-refractivity contribution is 7.89. The maximum atomic E-state index is 13.1. The molecule has 3 aliphatic rings. The Morgan fingerprint density at radius 2 is 1.67 bits per heavy atom. The molecule has 176 valence electrons. The normalized spacial score (nSPS) is 20.2. The number of benzene rings is 1. The maximum absolute atomic E-state index is 13.1. The monoisotopic (exact) mass is 469 g/mol. The SMILES string of the molecule is O=C(NCc1ccc(S(=O)(=O)N2CCC(N3CCCC3)CC2)cc1)N1Cc2ccncc2C1. The number of aromatic nitrogens is 1. The van der Waals surface area contributed by atoms with E-state index in [2.05, 4.69) is 15.2 Å². The molecule has 1 N–H and O–H groups in total. The summed E-state index contributed by atoms with van der Waals surface area (Å²) in [6, 6.07) is 9.20. The van der Waals surface area contributed by atoms with Crippen LogP contribution in [0.25, 0.3) is 0 Å². The first kappa shape index (κ1) is 22.3. The van der Waals surface area contributed by atoms with E-state index in [-0.39, 0.29) is 6.03 Å². The number of sulfonamides is 1. The van der Waals surface area contributed by atoms with Crippen molar-refractivity contribution < 1.29 is 13.2 Å². The summed E-state index contributed by atoms with van der Waals surface area (Å²) in [5.74, 6) is 0. The summed E-state index contributed by atoms with van der Waals surface area (Å²) in [5.41, 5.74) is 3.07. The summed E-state index contributed by atoms with van der Waals surface area (Å²) in [6.07, 6.45) is 7.87. The van der Waals surface area contributed by atoms with E-state index in [9.17, 15) is 13.2 Å². The first-order valence-corrected chi connectivity index (χ1v) is 13.2. The van der Waals surface area contributed by atoms with Gasteiger partial charge in [0.15, 0.2) is 0 Å². The topological polar surface area (TPSA) is 85.8 Å². The molecule has 0 unspecified atom stereocenters. The van der Waals surface area contributed by atoms with Crippen LogP contribution >= 0.6 is 0 Å². The molecule has 0 spiro atoms. The van der Waals surface area contributed by atoms with E-state index in [0.717, 1.165) is 42.6 Å². The van der Waals surface area contributed by atoms with E-state index in [4.69, 9.17) is 0 Å². The van der Waals surface area contributed by atoms with Crippen molar-refractivity contribution in [3.8, 4) is 0 Å². The molecule has 2 fully saturated rings. The number of pyridine rings is 1. The Hall–Kier alpha value is -2.49. The van der Waals surface area contributed by atoms with Crippen LogP contribution < -0.4 is 5.32 Å². The molecule has 33 heavy (non-hydrogen) atoms. The molecule has 0 radical (unpaired) electrons. The smallest absolute Gasteiger partial charge is 0.318 e. The fourth-order valence-electron chi connectivity index (χ4n) is 5.14. The predicted octanol–water partition coefficient (Wildman–Crippen LogP) is 2.56. The Balaban J connectivity index is 1.14. The quantitative estimate of drug-likeness (QED) is 0.727. The second-order valence-electron chi connectivity index (χ2n) is 9.18. The van der Waals surface area contributed by atoms with Crippen LogP contribution in [-0.2, 0) is 29.7 Å². The summed E-state index contributed by atoms with van der Waals surface area (Å²) >= 11 is 0. The third-order valence-corrected chi connectivity index (χ3v) is 9.01. The first-order chi connectivity index (χ1) is 16.0. The number of hydrogen-bond donors (Lipinski definition) is 1. The van der Waals surface area contributed by atoms with Crippen molar-refractivity contribution in [2.45, 2.75) is 56.3 Å². The van der Waals surface area contributed by atoms with E-state index >= 15 is 0 Å². The van der Waals surface area contributed by atoms with Crippen LogP contribution in [0.15, 0.2) is 47.6 Å². The molecular weight excluding hydrogens is 438 g/mol. The molecule has 0 bridgehead atoms. The van der Waals surface area contributed by atoms with Gasteiger partial charge in [-0.25, -0.2) is 13.2 Å². The van der Waals surface area contributed by atoms with Crippen LogP contribution in [0.5, 0.6) is 0 Å². The second kappa shape index (κ2) is 9.40. The van der Waals surface area contributed by atoms with Gasteiger partial charge in [-0.3, -0.25) is 4.98 Å². The summed E-state index contributed by atoms with van der Waals surface area (Å²) < 4.78 is 27.8. The zero-order valence-corrected chi connectivity index (χ0v) is 19.6. The van der Waals surface area contributed by atoms with Crippen molar-refractivity contribution in [1.82, 2.24) is 24.4 Å². The Labute approximate surface area is 195 Å². The summed E-state index contributed by atoms with van der Waals surface area (Å²) in [7, 11) is -3.49. The fraction of sp³-hybridized carbons (Fsp3) is 0.500. The van der Waals surface area contributed by atoms with Crippen molar-refractivity contribution in [3.05, 3.63) is 59.4 Å². The lowest BCUT2D eigenvalue weighted by Gasteiger charge is -2.36. The van der Waals surface area contributed by atoms with Crippen LogP contribution in [0.2, 0.25) is 0 Å². The van der Waals surface area contributed by atoms with E-state index < -0.39 is 10.0 Å². The lowest BCUT2D eigenvalue weighted by molar-refractivity contribution is 0.168. The van der Waals surface area contributed by atoms with Gasteiger partial charge in [0.1, 0.15) is 0 Å². The van der Waals surface area contributed by atoms with Gasteiger partial charge < -0.3 is 15.1 Å². The maximum Gasteiger partial charge on any atom is 0.318 e. The molecule has 0 atom stereocenters. The fourth-order valence-corrected chi connectivity index (χ4v) is 6.61. The number of rotatable bonds is 5. The van der Waals surface area contributed by atoms with Crippen molar-refractivity contribution in [2.24, 2.45) is 0 Å². The van der Waals surface area contributed by atoms with Crippen LogP contribution in [0.3, 0.4) is 0 Å². The van der Waals surface area contributed by atoms with E-state index in [1.807, 2.05) is 6.07 Å². The highest BCUT2D eigenvalue weighted by Gasteiger charge is 2.32. The minimum atomic E-state index is -3.49. The van der Waals surface area contributed by atoms with Crippen molar-refractivity contribution >= 4 is 16.1 Å². The number of nitrogens with zero attached hydrogens (tertiary/aromatic N) is 4. The van der Waals surface area contributed by atoms with Gasteiger partial charge in [0.2, 0.25) is 10.0 Å². The standard InChI is InChI=1S/C24H31N5O3S/c30-24(28-17-20-7-10-25-16-21(20)18-28)26-15-19-3-5-23(6-4-19)33(31,32)29-13-8-22(9-14-29)27-11-1-2-12-27/h3-7,10,16,22H,1-2,8-9,11-15,17-18H2,(H,26,30). The lowest BCUT2D eigenvalue weighted by Crippen LogP contribution is -2.45. The number of piperidine rings is 1. The summed E-state index contributed by atoms with van der Waals surface area (Å²) in [4.78, 5) is 21.2. The second-order valence-corrected chi connectivity index (χ2v) is 11.1. The largest absolute Gasteiger partial charge is 0.334 e. The highest BCUT2D eigenvalue weighted by atomic mass is 32.2. The molecule has 2 amide bonds. The van der Waals surface area contributed by atoms with Crippen LogP contribution in [0.1, 0.15) is 42.4 Å². The predicted molar refractivity (Wildman–Crippen MR) is 125 cm³/mol. The summed E-state index contributed by atoms with van der Waals surface area (Å²) in [6.45, 7) is 4.94. The molecule has 5 rings (SSSR count). The molecule has 9 heteroatoms. The molecular formula is C24H31N5O3S. The Bertz CT molecular complexity index is 1070. The summed E-state index contributed by atoms with van der Waals surface area (Å²) in [5, 5.41) is 2.93. The number of carbonyl (C=O) groups is 1. The van der Waals surface area contributed by atoms with Crippen LogP contribution in [-0.4, -0.2) is 65.8 Å². The molecule has 4 heterocycles. The minimum Gasteiger partial charge on any atom is -0.334 e. The number of fused-ring (bicyclic) bond motifs is 1. The van der Waals surface area contributed by atoms with Gasteiger partial charge in [0.05, 0.1) is 4.90 Å². The molecule has 1 aromatic heterocycles. The lowest BCUT2D eigenvalue weighted by atomic mass is 10.1. The molecule has 2 aromatic rings. The van der Waals surface area contributed by atoms with Gasteiger partial charge in [-0.05, 0) is 73.7 Å². The molecule has 2 saturated heterocycles. The Morgan fingerprint density at radius 1 is 0.970 bits per heavy atom. The van der Waals surface area contributed by atoms with Gasteiger partial charge in [0.25, 0.3) is 0 Å². The Kier molecular flexibility index (Phi) is 6.36. The van der Waals surface area contributed by atoms with Crippen LogP contribution in [0, 0.1) is 0 Å². The minimum absolute atomic E-state index is 0.135. The van der Waals surface area contributed by atoms with Crippen LogP contribution in [0.4, 0.5) is 4.79 Å². The zero-order chi connectivity index (χ0) is 22.8. The van der Waals surface area contributed by atoms with E-state index in [1.165, 1.54) is 12.8 Å². The third kappa shape index (κ3) is 4.76. The Morgan fingerprint density at radius 3 is 2.36 bits per heavy atom. The average Bonchev–Trinajstić information content (AvgIpc) is 3.53. The number of hydrogen-bond acceptors (Lipinski definition) is 5. The van der Waals surface area contributed by atoms with Gasteiger partial charge in [-0.2, -0.15) is 4.31 Å². The first-order valence-electron chi connectivity index (χ1n) is 11.8. The van der Waals surface area contributed by atoms with E-state index in [0.29, 0.717) is 43.7 Å². The van der Waals surface area contributed by atoms with Gasteiger partial charge in [-0.1, -0.05) is 12.1 Å². The van der Waals surface area contributed by atoms with Gasteiger partial charge in [-0.15, -0.1) is 0 Å².